The van der Waals surface area contributed by atoms with Gasteiger partial charge in [0, 0.05) is 22.0 Å². The third-order valence-corrected chi connectivity index (χ3v) is 5.17. The molecular weight excluding hydrogens is 342 g/mol. The summed E-state index contributed by atoms with van der Waals surface area (Å²) >= 11 is 3.50. The second kappa shape index (κ2) is 5.28. The van der Waals surface area contributed by atoms with Gasteiger partial charge in [-0.2, -0.15) is 0 Å². The van der Waals surface area contributed by atoms with E-state index in [2.05, 4.69) is 59.4 Å². The summed E-state index contributed by atoms with van der Waals surface area (Å²) in [5.41, 5.74) is 4.20. The van der Waals surface area contributed by atoms with E-state index in [1.165, 1.54) is 16.7 Å². The summed E-state index contributed by atoms with van der Waals surface area (Å²) in [6.45, 7) is 3.61. The van der Waals surface area contributed by atoms with Crippen LogP contribution in [-0.4, -0.2) is 24.9 Å². The van der Waals surface area contributed by atoms with Crippen molar-refractivity contribution in [2.75, 3.05) is 20.4 Å². The van der Waals surface area contributed by atoms with E-state index < -0.39 is 0 Å². The van der Waals surface area contributed by atoms with Crippen LogP contribution in [0, 0.1) is 0 Å². The van der Waals surface area contributed by atoms with E-state index in [4.69, 9.17) is 9.47 Å². The molecule has 0 amide bonds. The number of nitrogens with zero attached hydrogens (tertiary/aromatic N) is 1. The fraction of sp³-hybridized carbons (Fsp3) is 0.333. The Hall–Kier alpha value is -1.52. The Morgan fingerprint density at radius 3 is 2.45 bits per heavy atom. The number of halogens is 1. The van der Waals surface area contributed by atoms with E-state index in [9.17, 15) is 0 Å². The van der Waals surface area contributed by atoms with Crippen LogP contribution in [0.3, 0.4) is 0 Å². The van der Waals surface area contributed by atoms with E-state index in [1.54, 1.807) is 0 Å². The van der Waals surface area contributed by atoms with Gasteiger partial charge in [0.1, 0.15) is 13.1 Å². The summed E-state index contributed by atoms with van der Waals surface area (Å²) in [5.74, 6) is 1.80. The van der Waals surface area contributed by atoms with Crippen LogP contribution in [0.15, 0.2) is 40.9 Å². The maximum absolute atomic E-state index is 5.53. The minimum absolute atomic E-state index is 0.350. The lowest BCUT2D eigenvalue weighted by Gasteiger charge is -2.39. The van der Waals surface area contributed by atoms with Crippen LogP contribution in [0.1, 0.15) is 16.7 Å². The largest absolute Gasteiger partial charge is 0.454 e. The highest BCUT2D eigenvalue weighted by molar-refractivity contribution is 9.10. The number of quaternary nitrogens is 1. The molecule has 2 aliphatic heterocycles. The van der Waals surface area contributed by atoms with Crippen LogP contribution in [0.25, 0.3) is 0 Å². The smallest absolute Gasteiger partial charge is 0.231 e. The van der Waals surface area contributed by atoms with Gasteiger partial charge in [0.25, 0.3) is 0 Å². The molecule has 0 saturated carbocycles. The van der Waals surface area contributed by atoms with Gasteiger partial charge in [0.05, 0.1) is 13.6 Å². The minimum Gasteiger partial charge on any atom is -0.454 e. The van der Waals surface area contributed by atoms with Crippen LogP contribution in [0.4, 0.5) is 0 Å². The number of benzene rings is 2. The van der Waals surface area contributed by atoms with Crippen molar-refractivity contribution in [1.29, 1.82) is 0 Å². The molecule has 0 aromatic heterocycles. The zero-order chi connectivity index (χ0) is 15.2. The lowest BCUT2D eigenvalue weighted by molar-refractivity contribution is -0.937. The van der Waals surface area contributed by atoms with Crippen molar-refractivity contribution in [1.82, 2.24) is 0 Å². The van der Waals surface area contributed by atoms with E-state index >= 15 is 0 Å². The summed E-state index contributed by atoms with van der Waals surface area (Å²) in [4.78, 5) is 0. The summed E-state index contributed by atoms with van der Waals surface area (Å²) in [6, 6.07) is 13.0. The normalized spacial score (nSPS) is 22.5. The molecule has 1 unspecified atom stereocenters. The first kappa shape index (κ1) is 14.1. The third-order valence-electron chi connectivity index (χ3n) is 4.65. The van der Waals surface area contributed by atoms with Gasteiger partial charge in [-0.25, -0.2) is 0 Å². The lowest BCUT2D eigenvalue weighted by Crippen LogP contribution is -2.46. The molecule has 2 aliphatic rings. The van der Waals surface area contributed by atoms with E-state index in [0.717, 1.165) is 46.5 Å². The molecule has 22 heavy (non-hydrogen) atoms. The Morgan fingerprint density at radius 2 is 1.73 bits per heavy atom. The highest BCUT2D eigenvalue weighted by Crippen LogP contribution is 2.38. The fourth-order valence-corrected chi connectivity index (χ4v) is 3.72. The lowest BCUT2D eigenvalue weighted by atomic mass is 9.96. The number of hydrogen-bond donors (Lipinski definition) is 0. The van der Waals surface area contributed by atoms with E-state index in [0.29, 0.717) is 6.79 Å². The molecular formula is C18H19BrNO2+. The monoisotopic (exact) mass is 360 g/mol. The molecule has 0 bridgehead atoms. The minimum atomic E-state index is 0.350. The highest BCUT2D eigenvalue weighted by atomic mass is 79.9. The van der Waals surface area contributed by atoms with Crippen LogP contribution in [0.2, 0.25) is 0 Å². The first-order valence-corrected chi connectivity index (χ1v) is 8.40. The third kappa shape index (κ3) is 2.61. The molecule has 114 valence electrons. The number of ether oxygens (including phenoxy) is 2. The first-order chi connectivity index (χ1) is 10.6. The maximum atomic E-state index is 5.53. The predicted molar refractivity (Wildman–Crippen MR) is 88.9 cm³/mol. The van der Waals surface area contributed by atoms with Crippen molar-refractivity contribution < 1.29 is 14.0 Å². The molecule has 3 nitrogen and oxygen atoms in total. The molecule has 0 saturated heterocycles. The summed E-state index contributed by atoms with van der Waals surface area (Å²) in [7, 11) is 2.34. The van der Waals surface area contributed by atoms with Crippen LogP contribution in [0.5, 0.6) is 11.5 Å². The topological polar surface area (TPSA) is 18.5 Å². The number of likely N-dealkylation sites (N-methyl/N-ethyl adjacent to an activating group) is 1. The van der Waals surface area contributed by atoms with Gasteiger partial charge in [0.2, 0.25) is 6.79 Å². The highest BCUT2D eigenvalue weighted by Gasteiger charge is 2.30. The Labute approximate surface area is 139 Å². The SMILES string of the molecule is C[N+]1(Cc2ccc(Br)cc2)CCc2cc3c(cc2C1)OCO3. The summed E-state index contributed by atoms with van der Waals surface area (Å²) < 4.78 is 13.2. The second-order valence-corrected chi connectivity index (χ2v) is 7.43. The van der Waals surface area contributed by atoms with Crippen LogP contribution in [-0.2, 0) is 19.5 Å². The fourth-order valence-electron chi connectivity index (χ4n) is 3.45. The Morgan fingerprint density at radius 1 is 1.05 bits per heavy atom. The Balaban J connectivity index is 1.58. The van der Waals surface area contributed by atoms with Gasteiger partial charge in [-0.1, -0.05) is 28.1 Å². The quantitative estimate of drug-likeness (QED) is 0.756. The molecule has 0 aliphatic carbocycles. The van der Waals surface area contributed by atoms with Crippen LogP contribution < -0.4 is 9.47 Å². The van der Waals surface area contributed by atoms with Crippen molar-refractivity contribution in [2.24, 2.45) is 0 Å². The van der Waals surface area contributed by atoms with Gasteiger partial charge in [-0.3, -0.25) is 0 Å². The Kier molecular flexibility index (Phi) is 3.39. The average molecular weight is 361 g/mol. The van der Waals surface area contributed by atoms with Gasteiger partial charge in [-0.15, -0.1) is 0 Å². The van der Waals surface area contributed by atoms with Crippen molar-refractivity contribution in [2.45, 2.75) is 19.5 Å². The number of hydrogen-bond acceptors (Lipinski definition) is 2. The van der Waals surface area contributed by atoms with Crippen LogP contribution >= 0.6 is 15.9 Å². The zero-order valence-corrected chi connectivity index (χ0v) is 14.2. The molecule has 2 aromatic carbocycles. The van der Waals surface area contributed by atoms with E-state index in [1.807, 2.05) is 0 Å². The van der Waals surface area contributed by atoms with E-state index in [-0.39, 0.29) is 0 Å². The molecule has 2 aromatic rings. The van der Waals surface area contributed by atoms with Gasteiger partial charge in [-0.05, 0) is 29.8 Å². The van der Waals surface area contributed by atoms with Crippen molar-refractivity contribution >= 4 is 15.9 Å². The molecule has 0 fully saturated rings. The van der Waals surface area contributed by atoms with Gasteiger partial charge >= 0.3 is 0 Å². The number of rotatable bonds is 2. The molecule has 1 atom stereocenters. The standard InChI is InChI=1S/C18H19BrNO2/c1-20(10-13-2-4-16(19)5-3-13)7-6-14-8-17-18(22-12-21-17)9-15(14)11-20/h2-5,8-9H,6-7,10-12H2,1H3/q+1. The number of fused-ring (bicyclic) bond motifs is 2. The van der Waals surface area contributed by atoms with Crippen molar-refractivity contribution in [3.8, 4) is 11.5 Å². The van der Waals surface area contributed by atoms with Gasteiger partial charge in [0.15, 0.2) is 11.5 Å². The first-order valence-electron chi connectivity index (χ1n) is 7.61. The zero-order valence-electron chi connectivity index (χ0n) is 12.6. The summed E-state index contributed by atoms with van der Waals surface area (Å²) in [5, 5.41) is 0. The molecule has 0 radical (unpaired) electrons. The van der Waals surface area contributed by atoms with Gasteiger partial charge < -0.3 is 14.0 Å². The van der Waals surface area contributed by atoms with Crippen molar-refractivity contribution in [3.05, 3.63) is 57.6 Å². The Bertz CT molecular complexity index is 714. The predicted octanol–water partition coefficient (Wildman–Crippen LogP) is 3.88. The molecule has 4 rings (SSSR count). The summed E-state index contributed by atoms with van der Waals surface area (Å²) in [6.07, 6.45) is 1.10. The van der Waals surface area contributed by atoms with Crippen molar-refractivity contribution in [3.63, 3.8) is 0 Å². The second-order valence-electron chi connectivity index (χ2n) is 6.51. The molecule has 0 N–H and O–H groups in total. The molecule has 2 heterocycles. The average Bonchev–Trinajstić information content (AvgIpc) is 2.94. The molecule has 4 heteroatoms. The maximum Gasteiger partial charge on any atom is 0.231 e. The molecule has 0 spiro atoms.